The molecule has 1 aliphatic heterocycles. The molecule has 6 heteroatoms. The normalized spacial score (nSPS) is 12.6. The molecule has 4 nitrogen and oxygen atoms in total. The monoisotopic (exact) mass is 396 g/mol. The van der Waals surface area contributed by atoms with Crippen LogP contribution in [0.2, 0.25) is 5.02 Å². The third kappa shape index (κ3) is 3.53. The van der Waals surface area contributed by atoms with Gasteiger partial charge in [0.25, 0.3) is 0 Å². The van der Waals surface area contributed by atoms with E-state index in [1.165, 1.54) is 6.07 Å². The number of hydrogen-bond donors (Lipinski definition) is 0. The van der Waals surface area contributed by atoms with Crippen molar-refractivity contribution in [2.45, 2.75) is 6.61 Å². The van der Waals surface area contributed by atoms with Gasteiger partial charge < -0.3 is 14.4 Å². The Morgan fingerprint density at radius 2 is 1.86 bits per heavy atom. The topological polar surface area (TPSA) is 34.1 Å². The fraction of sp³-hybridized carbons (Fsp3) is 0.136. The second kappa shape index (κ2) is 7.90. The van der Waals surface area contributed by atoms with Crippen LogP contribution in [0.3, 0.4) is 0 Å². The van der Waals surface area contributed by atoms with Gasteiger partial charge in [0, 0.05) is 17.8 Å². The summed E-state index contributed by atoms with van der Waals surface area (Å²) in [6, 6.07) is 18.5. The summed E-state index contributed by atoms with van der Waals surface area (Å²) >= 11 is 5.97. The molecule has 0 fully saturated rings. The van der Waals surface area contributed by atoms with Crippen LogP contribution in [0, 0.1) is 5.82 Å². The minimum atomic E-state index is -0.477. The molecular formula is C22H18ClFN2O2. The lowest BCUT2D eigenvalue weighted by Crippen LogP contribution is -2.23. The Hall–Kier alpha value is -3.05. The largest absolute Gasteiger partial charge is 0.493 e. The number of fused-ring (bicyclic) bond motifs is 1. The van der Waals surface area contributed by atoms with Gasteiger partial charge in [0.15, 0.2) is 17.3 Å². The Kier molecular flexibility index (Phi) is 5.17. The van der Waals surface area contributed by atoms with Crippen molar-refractivity contribution in [2.24, 2.45) is 4.99 Å². The zero-order valence-corrected chi connectivity index (χ0v) is 16.0. The van der Waals surface area contributed by atoms with Crippen molar-refractivity contribution in [1.29, 1.82) is 0 Å². The summed E-state index contributed by atoms with van der Waals surface area (Å²) in [6.45, 7) is 0.685. The van der Waals surface area contributed by atoms with Gasteiger partial charge in [-0.1, -0.05) is 48.0 Å². The van der Waals surface area contributed by atoms with Crippen molar-refractivity contribution in [1.82, 2.24) is 0 Å². The molecule has 0 N–H and O–H groups in total. The predicted molar refractivity (Wildman–Crippen MR) is 110 cm³/mol. The molecule has 0 bridgehead atoms. The summed E-state index contributed by atoms with van der Waals surface area (Å²) in [7, 11) is 1.59. The average molecular weight is 397 g/mol. The van der Waals surface area contributed by atoms with Crippen LogP contribution in [-0.2, 0) is 6.61 Å². The van der Waals surface area contributed by atoms with E-state index in [1.807, 2.05) is 42.5 Å². The van der Waals surface area contributed by atoms with Crippen LogP contribution in [0.5, 0.6) is 11.5 Å². The molecule has 0 radical (unpaired) electrons. The van der Waals surface area contributed by atoms with Gasteiger partial charge in [-0.25, -0.2) is 4.39 Å². The van der Waals surface area contributed by atoms with Crippen molar-refractivity contribution in [2.75, 3.05) is 18.7 Å². The molecule has 0 saturated carbocycles. The number of rotatable bonds is 5. The maximum absolute atomic E-state index is 14.6. The maximum atomic E-state index is 14.6. The van der Waals surface area contributed by atoms with Crippen LogP contribution >= 0.6 is 11.6 Å². The molecule has 0 amide bonds. The molecule has 0 aliphatic carbocycles. The number of aliphatic imine (C=N–C) groups is 1. The number of nitrogens with zero attached hydrogens (tertiary/aromatic N) is 2. The van der Waals surface area contributed by atoms with Crippen LogP contribution in [0.4, 0.5) is 15.8 Å². The molecule has 4 rings (SSSR count). The van der Waals surface area contributed by atoms with E-state index in [1.54, 1.807) is 30.4 Å². The first kappa shape index (κ1) is 18.3. The minimum absolute atomic E-state index is 0.0719. The van der Waals surface area contributed by atoms with Crippen LogP contribution < -0.4 is 14.4 Å². The highest BCUT2D eigenvalue weighted by molar-refractivity contribution is 6.31. The minimum Gasteiger partial charge on any atom is -0.493 e. The second-order valence-corrected chi connectivity index (χ2v) is 6.70. The number of halogens is 2. The van der Waals surface area contributed by atoms with Crippen LogP contribution in [0.1, 0.15) is 11.1 Å². The number of ether oxygens (including phenoxy) is 2. The second-order valence-electron chi connectivity index (χ2n) is 6.29. The quantitative estimate of drug-likeness (QED) is 0.563. The molecule has 0 aromatic heterocycles. The van der Waals surface area contributed by atoms with E-state index in [4.69, 9.17) is 21.1 Å². The Labute approximate surface area is 167 Å². The number of anilines is 2. The third-order valence-corrected chi connectivity index (χ3v) is 4.81. The molecule has 1 aliphatic rings. The van der Waals surface area contributed by atoms with Gasteiger partial charge in [0.05, 0.1) is 23.5 Å². The van der Waals surface area contributed by atoms with Crippen molar-refractivity contribution in [3.8, 4) is 11.5 Å². The zero-order chi connectivity index (χ0) is 19.5. The van der Waals surface area contributed by atoms with Crippen molar-refractivity contribution in [3.05, 3.63) is 82.6 Å². The molecule has 3 aromatic carbocycles. The van der Waals surface area contributed by atoms with Crippen molar-refractivity contribution < 1.29 is 13.9 Å². The number of benzene rings is 3. The third-order valence-electron chi connectivity index (χ3n) is 4.52. The van der Waals surface area contributed by atoms with Crippen LogP contribution in [0.15, 0.2) is 65.7 Å². The fourth-order valence-corrected chi connectivity index (χ4v) is 3.28. The Bertz CT molecular complexity index is 1020. The molecule has 0 spiro atoms. The molecule has 1 heterocycles. The van der Waals surface area contributed by atoms with Gasteiger partial charge in [-0.3, -0.25) is 4.99 Å². The van der Waals surface area contributed by atoms with Gasteiger partial charge in [-0.15, -0.1) is 0 Å². The predicted octanol–water partition coefficient (Wildman–Crippen LogP) is 5.59. The molecular weight excluding hydrogens is 379 g/mol. The lowest BCUT2D eigenvalue weighted by Gasteiger charge is -2.29. The van der Waals surface area contributed by atoms with Crippen molar-refractivity contribution >= 4 is 29.2 Å². The van der Waals surface area contributed by atoms with Gasteiger partial charge in [-0.05, 0) is 23.8 Å². The Balaban J connectivity index is 1.72. The lowest BCUT2D eigenvalue weighted by molar-refractivity contribution is 0.284. The molecule has 0 saturated heterocycles. The van der Waals surface area contributed by atoms with Gasteiger partial charge in [0.1, 0.15) is 13.3 Å². The van der Waals surface area contributed by atoms with E-state index in [0.29, 0.717) is 23.8 Å². The molecule has 142 valence electrons. The number of hydrogen-bond acceptors (Lipinski definition) is 4. The average Bonchev–Trinajstić information content (AvgIpc) is 2.74. The lowest BCUT2D eigenvalue weighted by atomic mass is 10.1. The Morgan fingerprint density at radius 3 is 2.64 bits per heavy atom. The van der Waals surface area contributed by atoms with Crippen LogP contribution in [0.25, 0.3) is 0 Å². The highest BCUT2D eigenvalue weighted by Crippen LogP contribution is 2.40. The summed E-state index contributed by atoms with van der Waals surface area (Å²) in [4.78, 5) is 6.11. The van der Waals surface area contributed by atoms with E-state index in [-0.39, 0.29) is 11.7 Å². The first-order chi connectivity index (χ1) is 13.7. The first-order valence-corrected chi connectivity index (χ1v) is 9.15. The molecule has 0 atom stereocenters. The SMILES string of the molecule is COc1cc2c(cc1OCc1ccccc1)N(c1cccc(Cl)c1F)CN=C2. The molecule has 0 unspecified atom stereocenters. The highest BCUT2D eigenvalue weighted by Gasteiger charge is 2.22. The summed E-state index contributed by atoms with van der Waals surface area (Å²) in [5.74, 6) is 0.692. The highest BCUT2D eigenvalue weighted by atomic mass is 35.5. The van der Waals surface area contributed by atoms with E-state index >= 15 is 0 Å². The van der Waals surface area contributed by atoms with Crippen LogP contribution in [-0.4, -0.2) is 20.0 Å². The molecule has 3 aromatic rings. The number of methoxy groups -OCH3 is 1. The summed E-state index contributed by atoms with van der Waals surface area (Å²) < 4.78 is 26.1. The zero-order valence-electron chi connectivity index (χ0n) is 15.2. The van der Waals surface area contributed by atoms with Gasteiger partial charge in [-0.2, -0.15) is 0 Å². The summed E-state index contributed by atoms with van der Waals surface area (Å²) in [5, 5.41) is 0.0719. The smallest absolute Gasteiger partial charge is 0.165 e. The molecule has 28 heavy (non-hydrogen) atoms. The van der Waals surface area contributed by atoms with Gasteiger partial charge >= 0.3 is 0 Å². The van der Waals surface area contributed by atoms with Gasteiger partial charge in [0.2, 0.25) is 0 Å². The maximum Gasteiger partial charge on any atom is 0.165 e. The van der Waals surface area contributed by atoms with Crippen molar-refractivity contribution in [3.63, 3.8) is 0 Å². The van der Waals surface area contributed by atoms with E-state index < -0.39 is 5.82 Å². The van der Waals surface area contributed by atoms with E-state index in [0.717, 1.165) is 16.8 Å². The van der Waals surface area contributed by atoms with E-state index in [2.05, 4.69) is 4.99 Å². The summed E-state index contributed by atoms with van der Waals surface area (Å²) in [5.41, 5.74) is 3.00. The van der Waals surface area contributed by atoms with E-state index in [9.17, 15) is 4.39 Å². The summed E-state index contributed by atoms with van der Waals surface area (Å²) in [6.07, 6.45) is 1.75. The first-order valence-electron chi connectivity index (χ1n) is 8.77. The fourth-order valence-electron chi connectivity index (χ4n) is 3.11. The standard InChI is InChI=1S/C22H18ClFN2O2/c1-27-20-10-16-12-25-14-26(18-9-5-8-17(23)22(18)24)19(16)11-21(20)28-13-15-6-3-2-4-7-15/h2-12H,13-14H2,1H3. The Morgan fingerprint density at radius 1 is 1.04 bits per heavy atom.